The Kier molecular flexibility index (Phi) is 4.51. The summed E-state index contributed by atoms with van der Waals surface area (Å²) in [5, 5.41) is 0. The van der Waals surface area contributed by atoms with E-state index >= 15 is 0 Å². The number of hydrogen-bond acceptors (Lipinski definition) is 4. The first-order chi connectivity index (χ1) is 11.0. The lowest BCUT2D eigenvalue weighted by Gasteiger charge is -2.63. The summed E-state index contributed by atoms with van der Waals surface area (Å²) in [5.41, 5.74) is 0.916. The number of nitrogens with zero attached hydrogens (tertiary/aromatic N) is 4. The van der Waals surface area contributed by atoms with Crippen molar-refractivity contribution in [1.82, 2.24) is 19.6 Å². The first kappa shape index (κ1) is 18.2. The molecule has 3 saturated heterocycles. The summed E-state index contributed by atoms with van der Waals surface area (Å²) < 4.78 is 0. The summed E-state index contributed by atoms with van der Waals surface area (Å²) in [6, 6.07) is 0. The number of piperazine rings is 1. The van der Waals surface area contributed by atoms with Crippen molar-refractivity contribution in [3.05, 3.63) is 0 Å². The summed E-state index contributed by atoms with van der Waals surface area (Å²) in [4.78, 5) is 22.0. The quantitative estimate of drug-likeness (QED) is 0.761. The van der Waals surface area contributed by atoms with Crippen molar-refractivity contribution >= 4 is 5.91 Å². The second-order valence-electron chi connectivity index (χ2n) is 10.2. The predicted octanol–water partition coefficient (Wildman–Crippen LogP) is 1.35. The summed E-state index contributed by atoms with van der Waals surface area (Å²) in [7, 11) is 0. The van der Waals surface area contributed by atoms with Gasteiger partial charge in [-0.2, -0.15) is 0 Å². The van der Waals surface area contributed by atoms with E-state index in [0.717, 1.165) is 52.4 Å². The molecule has 1 spiro atoms. The highest BCUT2D eigenvalue weighted by Crippen LogP contribution is 2.42. The van der Waals surface area contributed by atoms with Crippen molar-refractivity contribution in [1.29, 1.82) is 0 Å². The van der Waals surface area contributed by atoms with Crippen LogP contribution in [0.15, 0.2) is 0 Å². The van der Waals surface area contributed by atoms with Crippen LogP contribution in [0.25, 0.3) is 0 Å². The first-order valence-electron chi connectivity index (χ1n) is 9.49. The topological polar surface area (TPSA) is 30.0 Å². The molecule has 3 aliphatic heterocycles. The summed E-state index contributed by atoms with van der Waals surface area (Å²) in [6.07, 6.45) is 0. The van der Waals surface area contributed by atoms with E-state index in [9.17, 15) is 4.79 Å². The zero-order valence-corrected chi connectivity index (χ0v) is 16.6. The standard InChI is InChI=1S/C19H36N4O/c1-17(2,3)22-9-7-20(8-10-22)11-16(24)21-12-19(13-21)14-23(15-19)18(4,5)6/h7-15H2,1-6H3. The van der Waals surface area contributed by atoms with Crippen LogP contribution in [0.2, 0.25) is 0 Å². The van der Waals surface area contributed by atoms with Crippen molar-refractivity contribution in [2.24, 2.45) is 5.41 Å². The molecule has 24 heavy (non-hydrogen) atoms. The van der Waals surface area contributed by atoms with E-state index < -0.39 is 0 Å². The van der Waals surface area contributed by atoms with Crippen LogP contribution < -0.4 is 0 Å². The molecule has 0 N–H and O–H groups in total. The molecule has 0 aliphatic carbocycles. The number of rotatable bonds is 2. The van der Waals surface area contributed by atoms with Crippen LogP contribution in [0, 0.1) is 5.41 Å². The van der Waals surface area contributed by atoms with Crippen molar-refractivity contribution < 1.29 is 4.79 Å². The van der Waals surface area contributed by atoms with Crippen LogP contribution in [-0.2, 0) is 4.79 Å². The van der Waals surface area contributed by atoms with Crippen molar-refractivity contribution in [3.63, 3.8) is 0 Å². The molecule has 0 aromatic carbocycles. The molecule has 0 atom stereocenters. The fourth-order valence-corrected chi connectivity index (χ4v) is 4.25. The Balaban J connectivity index is 1.38. The van der Waals surface area contributed by atoms with Gasteiger partial charge in [-0.05, 0) is 41.5 Å². The Morgan fingerprint density at radius 1 is 0.792 bits per heavy atom. The second kappa shape index (κ2) is 5.96. The van der Waals surface area contributed by atoms with Gasteiger partial charge in [-0.3, -0.25) is 19.5 Å². The Morgan fingerprint density at radius 2 is 1.29 bits per heavy atom. The van der Waals surface area contributed by atoms with E-state index in [2.05, 4.69) is 61.1 Å². The SMILES string of the molecule is CC(C)(C)N1CCN(CC(=O)N2CC3(C2)CN(C(C)(C)C)C3)CC1. The average molecular weight is 337 g/mol. The molecule has 0 aromatic rings. The molecule has 1 amide bonds. The fraction of sp³-hybridized carbons (Fsp3) is 0.947. The van der Waals surface area contributed by atoms with Gasteiger partial charge in [0.05, 0.1) is 6.54 Å². The van der Waals surface area contributed by atoms with Gasteiger partial charge in [0.15, 0.2) is 0 Å². The van der Waals surface area contributed by atoms with Gasteiger partial charge < -0.3 is 4.90 Å². The molecule has 138 valence electrons. The zero-order valence-electron chi connectivity index (χ0n) is 16.6. The van der Waals surface area contributed by atoms with Gasteiger partial charge in [0.2, 0.25) is 5.91 Å². The van der Waals surface area contributed by atoms with Crippen LogP contribution in [-0.4, -0.2) is 95.5 Å². The normalized spacial score (nSPS) is 26.3. The van der Waals surface area contributed by atoms with Gasteiger partial charge in [0, 0.05) is 68.9 Å². The average Bonchev–Trinajstić information content (AvgIpc) is 2.33. The van der Waals surface area contributed by atoms with Gasteiger partial charge in [-0.25, -0.2) is 0 Å². The second-order valence-corrected chi connectivity index (χ2v) is 10.2. The molecule has 0 radical (unpaired) electrons. The van der Waals surface area contributed by atoms with Crippen LogP contribution in [0.4, 0.5) is 0 Å². The molecule has 3 heterocycles. The lowest BCUT2D eigenvalue weighted by atomic mass is 9.71. The lowest BCUT2D eigenvalue weighted by molar-refractivity contribution is -0.169. The maximum Gasteiger partial charge on any atom is 0.236 e. The molecule has 3 fully saturated rings. The monoisotopic (exact) mass is 336 g/mol. The lowest BCUT2D eigenvalue weighted by Crippen LogP contribution is -2.75. The number of hydrogen-bond donors (Lipinski definition) is 0. The molecule has 0 unspecified atom stereocenters. The molecule has 3 rings (SSSR count). The van der Waals surface area contributed by atoms with Crippen molar-refractivity contribution in [2.75, 3.05) is 58.9 Å². The van der Waals surface area contributed by atoms with Gasteiger partial charge in [-0.1, -0.05) is 0 Å². The summed E-state index contributed by atoms with van der Waals surface area (Å²) >= 11 is 0. The van der Waals surface area contributed by atoms with Gasteiger partial charge in [-0.15, -0.1) is 0 Å². The highest BCUT2D eigenvalue weighted by Gasteiger charge is 2.55. The Hall–Kier alpha value is -0.650. The molecule has 3 aliphatic rings. The zero-order chi connectivity index (χ0) is 17.8. The molecule has 0 saturated carbocycles. The first-order valence-corrected chi connectivity index (χ1v) is 9.49. The Bertz CT molecular complexity index is 469. The van der Waals surface area contributed by atoms with Crippen LogP contribution in [0.3, 0.4) is 0 Å². The molecular formula is C19H36N4O. The molecule has 0 aromatic heterocycles. The fourth-order valence-electron chi connectivity index (χ4n) is 4.25. The van der Waals surface area contributed by atoms with E-state index in [1.165, 1.54) is 0 Å². The van der Waals surface area contributed by atoms with Crippen molar-refractivity contribution in [3.8, 4) is 0 Å². The third kappa shape index (κ3) is 3.63. The number of carbonyl (C=O) groups is 1. The predicted molar refractivity (Wildman–Crippen MR) is 98.1 cm³/mol. The largest absolute Gasteiger partial charge is 0.340 e. The van der Waals surface area contributed by atoms with Crippen LogP contribution >= 0.6 is 0 Å². The molecule has 5 nitrogen and oxygen atoms in total. The highest BCUT2D eigenvalue weighted by atomic mass is 16.2. The Morgan fingerprint density at radius 3 is 1.75 bits per heavy atom. The van der Waals surface area contributed by atoms with Gasteiger partial charge >= 0.3 is 0 Å². The third-order valence-corrected chi connectivity index (χ3v) is 6.09. The van der Waals surface area contributed by atoms with Gasteiger partial charge in [0.1, 0.15) is 0 Å². The number of carbonyl (C=O) groups excluding carboxylic acids is 1. The molecule has 5 heteroatoms. The maximum absolute atomic E-state index is 12.5. The van der Waals surface area contributed by atoms with E-state index in [1.54, 1.807) is 0 Å². The Labute approximate surface area is 147 Å². The third-order valence-electron chi connectivity index (χ3n) is 6.09. The highest BCUT2D eigenvalue weighted by molar-refractivity contribution is 5.79. The van der Waals surface area contributed by atoms with E-state index in [-0.39, 0.29) is 11.1 Å². The van der Waals surface area contributed by atoms with E-state index in [0.29, 0.717) is 17.9 Å². The van der Waals surface area contributed by atoms with Gasteiger partial charge in [0.25, 0.3) is 0 Å². The van der Waals surface area contributed by atoms with E-state index in [4.69, 9.17) is 0 Å². The maximum atomic E-state index is 12.5. The van der Waals surface area contributed by atoms with Crippen molar-refractivity contribution in [2.45, 2.75) is 52.6 Å². The van der Waals surface area contributed by atoms with Crippen LogP contribution in [0.5, 0.6) is 0 Å². The minimum Gasteiger partial charge on any atom is -0.340 e. The molecular weight excluding hydrogens is 300 g/mol. The minimum atomic E-state index is 0.239. The molecule has 0 bridgehead atoms. The number of likely N-dealkylation sites (tertiary alicyclic amines) is 2. The minimum absolute atomic E-state index is 0.239. The van der Waals surface area contributed by atoms with Crippen LogP contribution in [0.1, 0.15) is 41.5 Å². The number of amides is 1. The smallest absolute Gasteiger partial charge is 0.236 e. The summed E-state index contributed by atoms with van der Waals surface area (Å²) in [6.45, 7) is 22.7. The van der Waals surface area contributed by atoms with E-state index in [1.807, 2.05) is 0 Å². The summed E-state index contributed by atoms with van der Waals surface area (Å²) in [5.74, 6) is 0.332.